The molecule has 0 unspecified atom stereocenters. The SMILES string of the molecule is CC(C)NC(=O)[C@@H](C)N(CCc1ccccc1)C(=O)Cc1c(F)cccc1Cl. The molecule has 1 N–H and O–H groups in total. The molecule has 0 saturated carbocycles. The summed E-state index contributed by atoms with van der Waals surface area (Å²) in [5, 5.41) is 3.03. The monoisotopic (exact) mass is 404 g/mol. The molecule has 4 nitrogen and oxygen atoms in total. The van der Waals surface area contributed by atoms with E-state index in [9.17, 15) is 14.0 Å². The molecule has 2 aromatic rings. The van der Waals surface area contributed by atoms with Crippen molar-refractivity contribution in [2.24, 2.45) is 0 Å². The van der Waals surface area contributed by atoms with Crippen LogP contribution < -0.4 is 5.32 Å². The molecule has 0 saturated heterocycles. The van der Waals surface area contributed by atoms with Crippen molar-refractivity contribution in [2.45, 2.75) is 45.7 Å². The number of halogens is 2. The van der Waals surface area contributed by atoms with Crippen molar-refractivity contribution in [1.29, 1.82) is 0 Å². The van der Waals surface area contributed by atoms with Gasteiger partial charge in [0.15, 0.2) is 0 Å². The minimum atomic E-state index is -0.677. The third kappa shape index (κ3) is 6.06. The molecule has 0 bridgehead atoms. The lowest BCUT2D eigenvalue weighted by Gasteiger charge is -2.29. The molecule has 6 heteroatoms. The predicted molar refractivity (Wildman–Crippen MR) is 110 cm³/mol. The van der Waals surface area contributed by atoms with Gasteiger partial charge >= 0.3 is 0 Å². The standard InChI is InChI=1S/C22H26ClFN2O2/c1-15(2)25-22(28)16(3)26(13-12-17-8-5-4-6-9-17)21(27)14-18-19(23)10-7-11-20(18)24/h4-11,15-16H,12-14H2,1-3H3,(H,25,28)/t16-/m1/s1. The number of hydrogen-bond donors (Lipinski definition) is 1. The second-order valence-electron chi connectivity index (χ2n) is 7.04. The summed E-state index contributed by atoms with van der Waals surface area (Å²) in [6.45, 7) is 5.75. The normalized spacial score (nSPS) is 11.9. The number of carbonyl (C=O) groups is 2. The lowest BCUT2D eigenvalue weighted by Crippen LogP contribution is -2.50. The molecule has 28 heavy (non-hydrogen) atoms. The zero-order chi connectivity index (χ0) is 20.7. The summed E-state index contributed by atoms with van der Waals surface area (Å²) in [4.78, 5) is 27.0. The van der Waals surface area contributed by atoms with Gasteiger partial charge in [-0.3, -0.25) is 9.59 Å². The first-order chi connectivity index (χ1) is 13.3. The van der Waals surface area contributed by atoms with E-state index in [4.69, 9.17) is 11.6 Å². The first-order valence-corrected chi connectivity index (χ1v) is 9.74. The van der Waals surface area contributed by atoms with Crippen LogP contribution in [0, 0.1) is 5.82 Å². The molecule has 0 aromatic heterocycles. The molecule has 0 aliphatic heterocycles. The second kappa shape index (κ2) is 10.2. The molecule has 2 amide bonds. The van der Waals surface area contributed by atoms with E-state index < -0.39 is 11.9 Å². The van der Waals surface area contributed by atoms with Crippen LogP contribution >= 0.6 is 11.6 Å². The Morgan fingerprint density at radius 2 is 1.75 bits per heavy atom. The summed E-state index contributed by atoms with van der Waals surface area (Å²) in [7, 11) is 0. The van der Waals surface area contributed by atoms with Gasteiger partial charge in [0, 0.05) is 23.2 Å². The number of rotatable bonds is 8. The third-order valence-electron chi connectivity index (χ3n) is 4.47. The number of nitrogens with one attached hydrogen (secondary N) is 1. The number of carbonyl (C=O) groups excluding carboxylic acids is 2. The molecule has 0 aliphatic rings. The van der Waals surface area contributed by atoms with Crippen LogP contribution in [-0.2, 0) is 22.4 Å². The van der Waals surface area contributed by atoms with E-state index in [0.29, 0.717) is 13.0 Å². The van der Waals surface area contributed by atoms with Gasteiger partial charge in [0.05, 0.1) is 6.42 Å². The molecule has 2 rings (SSSR count). The Hall–Kier alpha value is -2.40. The number of amides is 2. The van der Waals surface area contributed by atoms with Gasteiger partial charge in [-0.25, -0.2) is 4.39 Å². The Bertz CT molecular complexity index is 791. The van der Waals surface area contributed by atoms with Crippen molar-refractivity contribution < 1.29 is 14.0 Å². The maximum absolute atomic E-state index is 14.1. The van der Waals surface area contributed by atoms with Gasteiger partial charge in [-0.05, 0) is 44.9 Å². The van der Waals surface area contributed by atoms with Crippen LogP contribution in [0.15, 0.2) is 48.5 Å². The van der Waals surface area contributed by atoms with Gasteiger partial charge in [-0.1, -0.05) is 48.0 Å². The van der Waals surface area contributed by atoms with Crippen molar-refractivity contribution in [1.82, 2.24) is 10.2 Å². The van der Waals surface area contributed by atoms with Crippen molar-refractivity contribution in [3.8, 4) is 0 Å². The molecule has 0 fully saturated rings. The maximum atomic E-state index is 14.1. The van der Waals surface area contributed by atoms with Crippen LogP contribution in [0.1, 0.15) is 31.9 Å². The van der Waals surface area contributed by atoms with Crippen LogP contribution in [0.3, 0.4) is 0 Å². The fourth-order valence-corrected chi connectivity index (χ4v) is 3.16. The van der Waals surface area contributed by atoms with E-state index in [1.165, 1.54) is 17.0 Å². The summed E-state index contributed by atoms with van der Waals surface area (Å²) in [6.07, 6.45) is 0.399. The first-order valence-electron chi connectivity index (χ1n) is 9.36. The minimum absolute atomic E-state index is 0.0398. The fourth-order valence-electron chi connectivity index (χ4n) is 2.93. The zero-order valence-corrected chi connectivity index (χ0v) is 17.2. The summed E-state index contributed by atoms with van der Waals surface area (Å²) in [6, 6.07) is 13.3. The highest BCUT2D eigenvalue weighted by Gasteiger charge is 2.27. The van der Waals surface area contributed by atoms with Crippen LogP contribution in [0.2, 0.25) is 5.02 Å². The van der Waals surface area contributed by atoms with Gasteiger partial charge in [0.25, 0.3) is 0 Å². The van der Waals surface area contributed by atoms with Crippen LogP contribution in [0.25, 0.3) is 0 Å². The van der Waals surface area contributed by atoms with Crippen molar-refractivity contribution in [2.75, 3.05) is 6.54 Å². The molecular formula is C22H26ClFN2O2. The Morgan fingerprint density at radius 1 is 1.07 bits per heavy atom. The molecule has 0 aliphatic carbocycles. The Morgan fingerprint density at radius 3 is 2.36 bits per heavy atom. The van der Waals surface area contributed by atoms with E-state index in [0.717, 1.165) is 5.56 Å². The highest BCUT2D eigenvalue weighted by atomic mass is 35.5. The summed E-state index contributed by atoms with van der Waals surface area (Å²) >= 11 is 6.07. The average molecular weight is 405 g/mol. The van der Waals surface area contributed by atoms with Gasteiger partial charge in [-0.2, -0.15) is 0 Å². The minimum Gasteiger partial charge on any atom is -0.352 e. The number of hydrogen-bond acceptors (Lipinski definition) is 2. The van der Waals surface area contributed by atoms with Gasteiger partial charge in [0.2, 0.25) is 11.8 Å². The van der Waals surface area contributed by atoms with Crippen molar-refractivity contribution >= 4 is 23.4 Å². The Balaban J connectivity index is 2.20. The Labute approximate surface area is 170 Å². The number of benzene rings is 2. The highest BCUT2D eigenvalue weighted by Crippen LogP contribution is 2.21. The third-order valence-corrected chi connectivity index (χ3v) is 4.83. The van der Waals surface area contributed by atoms with Crippen molar-refractivity contribution in [3.05, 3.63) is 70.5 Å². The van der Waals surface area contributed by atoms with Gasteiger partial charge in [0.1, 0.15) is 11.9 Å². The maximum Gasteiger partial charge on any atom is 0.242 e. The highest BCUT2D eigenvalue weighted by molar-refractivity contribution is 6.31. The van der Waals surface area contributed by atoms with Crippen molar-refractivity contribution in [3.63, 3.8) is 0 Å². The molecule has 0 spiro atoms. The molecular weight excluding hydrogens is 379 g/mol. The quantitative estimate of drug-likeness (QED) is 0.722. The van der Waals surface area contributed by atoms with E-state index in [1.807, 2.05) is 44.2 Å². The largest absolute Gasteiger partial charge is 0.352 e. The van der Waals surface area contributed by atoms with E-state index in [2.05, 4.69) is 5.32 Å². The molecule has 0 radical (unpaired) electrons. The van der Waals surface area contributed by atoms with Crippen LogP contribution in [0.4, 0.5) is 4.39 Å². The molecule has 0 heterocycles. The van der Waals surface area contributed by atoms with E-state index in [1.54, 1.807) is 13.0 Å². The summed E-state index contributed by atoms with van der Waals surface area (Å²) in [5.41, 5.74) is 1.20. The Kier molecular flexibility index (Phi) is 8.00. The predicted octanol–water partition coefficient (Wildman–Crippen LogP) is 4.01. The average Bonchev–Trinajstić information content (AvgIpc) is 2.65. The second-order valence-corrected chi connectivity index (χ2v) is 7.45. The first kappa shape index (κ1) is 21.9. The lowest BCUT2D eigenvalue weighted by atomic mass is 10.1. The van der Waals surface area contributed by atoms with Crippen LogP contribution in [-0.4, -0.2) is 35.3 Å². The lowest BCUT2D eigenvalue weighted by molar-refractivity contribution is -0.139. The number of nitrogens with zero attached hydrogens (tertiary/aromatic N) is 1. The van der Waals surface area contributed by atoms with E-state index in [-0.39, 0.29) is 34.9 Å². The molecule has 1 atom stereocenters. The topological polar surface area (TPSA) is 49.4 Å². The molecule has 2 aromatic carbocycles. The van der Waals surface area contributed by atoms with E-state index >= 15 is 0 Å². The summed E-state index contributed by atoms with van der Waals surface area (Å²) < 4.78 is 14.1. The molecule has 150 valence electrons. The smallest absolute Gasteiger partial charge is 0.242 e. The zero-order valence-electron chi connectivity index (χ0n) is 16.4. The fraction of sp³-hybridized carbons (Fsp3) is 0.364. The van der Waals surface area contributed by atoms with Crippen LogP contribution in [0.5, 0.6) is 0 Å². The van der Waals surface area contributed by atoms with Gasteiger partial charge in [-0.15, -0.1) is 0 Å². The summed E-state index contributed by atoms with van der Waals surface area (Å²) in [5.74, 6) is -1.10. The van der Waals surface area contributed by atoms with Gasteiger partial charge < -0.3 is 10.2 Å².